The van der Waals surface area contributed by atoms with E-state index in [9.17, 15) is 5.26 Å². The van der Waals surface area contributed by atoms with Gasteiger partial charge in [0, 0.05) is 39.6 Å². The van der Waals surface area contributed by atoms with Crippen molar-refractivity contribution in [2.75, 3.05) is 0 Å². The van der Waals surface area contributed by atoms with Crippen molar-refractivity contribution in [3.63, 3.8) is 0 Å². The van der Waals surface area contributed by atoms with Crippen LogP contribution in [0.1, 0.15) is 17.0 Å². The molecular weight excluding hydrogens is 398 g/mol. The molecule has 0 saturated heterocycles. The van der Waals surface area contributed by atoms with Crippen LogP contribution in [0.15, 0.2) is 96.2 Å². The summed E-state index contributed by atoms with van der Waals surface area (Å²) < 4.78 is 0. The summed E-state index contributed by atoms with van der Waals surface area (Å²) in [5.74, 6) is 0.419. The predicted molar refractivity (Wildman–Crippen MR) is 126 cm³/mol. The standard InChI is InChI=1S/C27H17N3S/c28-14-17-12-18(16-29-15-17)23-9-5-10-24(30-23)22-13-26-27(20-7-2-1-6-19(20)22)21-8-3-4-11-25(21)31-26/h1-13,15-16,21,25H. The van der Waals surface area contributed by atoms with Gasteiger partial charge in [-0.25, -0.2) is 4.98 Å². The van der Waals surface area contributed by atoms with Crippen LogP contribution in [-0.2, 0) is 0 Å². The molecule has 0 amide bonds. The molecule has 6 rings (SSSR count). The zero-order valence-corrected chi connectivity index (χ0v) is 17.4. The zero-order chi connectivity index (χ0) is 20.8. The Morgan fingerprint density at radius 2 is 1.71 bits per heavy atom. The van der Waals surface area contributed by atoms with Gasteiger partial charge in [-0.05, 0) is 40.6 Å². The van der Waals surface area contributed by atoms with Gasteiger partial charge < -0.3 is 0 Å². The van der Waals surface area contributed by atoms with Gasteiger partial charge in [0.15, 0.2) is 0 Å². The van der Waals surface area contributed by atoms with Gasteiger partial charge in [-0.3, -0.25) is 4.98 Å². The number of hydrogen-bond acceptors (Lipinski definition) is 4. The molecule has 0 saturated carbocycles. The van der Waals surface area contributed by atoms with E-state index in [-0.39, 0.29) is 0 Å². The lowest BCUT2D eigenvalue weighted by molar-refractivity contribution is 0.890. The van der Waals surface area contributed by atoms with Crippen molar-refractivity contribution in [1.29, 1.82) is 5.26 Å². The zero-order valence-electron chi connectivity index (χ0n) is 16.6. The van der Waals surface area contributed by atoms with Crippen LogP contribution in [-0.4, -0.2) is 15.2 Å². The van der Waals surface area contributed by atoms with Gasteiger partial charge in [0.05, 0.1) is 17.0 Å². The number of pyridine rings is 2. The first-order valence-corrected chi connectivity index (χ1v) is 11.1. The molecule has 3 heterocycles. The number of aromatic nitrogens is 2. The van der Waals surface area contributed by atoms with Crippen molar-refractivity contribution in [3.05, 3.63) is 102 Å². The Labute approximate surface area is 184 Å². The van der Waals surface area contributed by atoms with Gasteiger partial charge >= 0.3 is 0 Å². The smallest absolute Gasteiger partial charge is 0.101 e. The van der Waals surface area contributed by atoms with E-state index in [1.54, 1.807) is 12.4 Å². The quantitative estimate of drug-likeness (QED) is 0.374. The normalized spacial score (nSPS) is 18.5. The molecule has 2 aliphatic rings. The maximum Gasteiger partial charge on any atom is 0.101 e. The van der Waals surface area contributed by atoms with Crippen LogP contribution in [0.5, 0.6) is 0 Å². The van der Waals surface area contributed by atoms with Crippen molar-refractivity contribution >= 4 is 22.5 Å². The summed E-state index contributed by atoms with van der Waals surface area (Å²) in [5, 5.41) is 12.2. The number of nitrogens with zero attached hydrogens (tertiary/aromatic N) is 3. The summed E-state index contributed by atoms with van der Waals surface area (Å²) in [6.45, 7) is 0. The summed E-state index contributed by atoms with van der Waals surface area (Å²) in [7, 11) is 0. The third kappa shape index (κ3) is 2.98. The first-order valence-electron chi connectivity index (χ1n) is 10.2. The number of benzene rings is 2. The Kier molecular flexibility index (Phi) is 4.22. The first kappa shape index (κ1) is 18.1. The predicted octanol–water partition coefficient (Wildman–Crippen LogP) is 6.52. The number of rotatable bonds is 2. The third-order valence-electron chi connectivity index (χ3n) is 5.92. The van der Waals surface area contributed by atoms with Crippen LogP contribution in [0.4, 0.5) is 0 Å². The average molecular weight is 416 g/mol. The van der Waals surface area contributed by atoms with Crippen molar-refractivity contribution in [2.24, 2.45) is 0 Å². The molecule has 0 bridgehead atoms. The van der Waals surface area contributed by atoms with Gasteiger partial charge in [-0.15, -0.1) is 11.8 Å². The molecule has 0 fully saturated rings. The highest BCUT2D eigenvalue weighted by molar-refractivity contribution is 8.00. The Morgan fingerprint density at radius 3 is 2.61 bits per heavy atom. The first-order chi connectivity index (χ1) is 15.3. The van der Waals surface area contributed by atoms with Gasteiger partial charge in [-0.1, -0.05) is 54.6 Å². The Balaban J connectivity index is 1.54. The highest BCUT2D eigenvalue weighted by Gasteiger charge is 2.33. The molecule has 0 spiro atoms. The SMILES string of the molecule is N#Cc1cncc(-c2cccc(-c3cc4c(c5ccccc35)C3C=CC=CC3S4)n2)c1. The highest BCUT2D eigenvalue weighted by atomic mass is 32.2. The summed E-state index contributed by atoms with van der Waals surface area (Å²) in [6, 6.07) is 21.0. The molecule has 1 aliphatic heterocycles. The highest BCUT2D eigenvalue weighted by Crippen LogP contribution is 2.52. The van der Waals surface area contributed by atoms with Crippen LogP contribution in [0.25, 0.3) is 33.3 Å². The fourth-order valence-electron chi connectivity index (χ4n) is 4.52. The average Bonchev–Trinajstić information content (AvgIpc) is 3.22. The van der Waals surface area contributed by atoms with E-state index in [0.717, 1.165) is 22.5 Å². The number of hydrogen-bond donors (Lipinski definition) is 0. The molecule has 146 valence electrons. The minimum atomic E-state index is 0.419. The number of allylic oxidation sites excluding steroid dienone is 3. The van der Waals surface area contributed by atoms with Crippen LogP contribution < -0.4 is 0 Å². The maximum atomic E-state index is 9.22. The van der Waals surface area contributed by atoms with Gasteiger partial charge in [0.25, 0.3) is 0 Å². The van der Waals surface area contributed by atoms with E-state index >= 15 is 0 Å². The van der Waals surface area contributed by atoms with E-state index < -0.39 is 0 Å². The molecule has 0 N–H and O–H groups in total. The van der Waals surface area contributed by atoms with Crippen LogP contribution in [0.2, 0.25) is 0 Å². The van der Waals surface area contributed by atoms with Gasteiger partial charge in [-0.2, -0.15) is 5.26 Å². The molecule has 0 radical (unpaired) electrons. The second kappa shape index (κ2) is 7.23. The van der Waals surface area contributed by atoms with E-state index in [1.165, 1.54) is 21.2 Å². The van der Waals surface area contributed by atoms with Crippen LogP contribution in [0.3, 0.4) is 0 Å². The minimum absolute atomic E-state index is 0.419. The van der Waals surface area contributed by atoms with Crippen molar-refractivity contribution < 1.29 is 0 Å². The Morgan fingerprint density at radius 1 is 0.871 bits per heavy atom. The topological polar surface area (TPSA) is 49.6 Å². The molecule has 2 aromatic heterocycles. The molecule has 3 nitrogen and oxygen atoms in total. The molecule has 2 atom stereocenters. The second-order valence-electron chi connectivity index (χ2n) is 7.74. The monoisotopic (exact) mass is 415 g/mol. The summed E-state index contributed by atoms with van der Waals surface area (Å²) in [4.78, 5) is 10.5. The Bertz CT molecular complexity index is 1440. The van der Waals surface area contributed by atoms with Gasteiger partial charge in [0.1, 0.15) is 6.07 Å². The van der Waals surface area contributed by atoms with Crippen LogP contribution >= 0.6 is 11.8 Å². The number of fused-ring (bicyclic) bond motifs is 5. The summed E-state index contributed by atoms with van der Waals surface area (Å²) in [6.07, 6.45) is 12.3. The minimum Gasteiger partial charge on any atom is -0.263 e. The lowest BCUT2D eigenvalue weighted by atomic mass is 9.87. The molecule has 1 aliphatic carbocycles. The molecular formula is C27H17N3S. The molecule has 31 heavy (non-hydrogen) atoms. The third-order valence-corrected chi connectivity index (χ3v) is 7.23. The second-order valence-corrected chi connectivity index (χ2v) is 8.96. The van der Waals surface area contributed by atoms with Crippen molar-refractivity contribution in [3.8, 4) is 28.6 Å². The van der Waals surface area contributed by atoms with E-state index in [0.29, 0.717) is 16.7 Å². The molecule has 4 heteroatoms. The fraction of sp³-hybridized carbons (Fsp3) is 0.0741. The lowest BCUT2D eigenvalue weighted by Gasteiger charge is -2.17. The fourth-order valence-corrected chi connectivity index (χ4v) is 5.91. The molecule has 4 aromatic rings. The number of thioether (sulfide) groups is 1. The Hall–Kier alpha value is -3.68. The largest absolute Gasteiger partial charge is 0.263 e. The lowest BCUT2D eigenvalue weighted by Crippen LogP contribution is -2.07. The van der Waals surface area contributed by atoms with Gasteiger partial charge in [0.2, 0.25) is 0 Å². The number of nitriles is 1. The molecule has 2 unspecified atom stereocenters. The summed E-state index contributed by atoms with van der Waals surface area (Å²) >= 11 is 1.94. The molecule has 2 aromatic carbocycles. The van der Waals surface area contributed by atoms with Crippen molar-refractivity contribution in [1.82, 2.24) is 9.97 Å². The summed E-state index contributed by atoms with van der Waals surface area (Å²) in [5.41, 5.74) is 5.70. The van der Waals surface area contributed by atoms with E-state index in [4.69, 9.17) is 4.98 Å². The maximum absolute atomic E-state index is 9.22. The van der Waals surface area contributed by atoms with E-state index in [2.05, 4.69) is 71.8 Å². The van der Waals surface area contributed by atoms with E-state index in [1.807, 2.05) is 30.0 Å². The van der Waals surface area contributed by atoms with Crippen molar-refractivity contribution in [2.45, 2.75) is 16.1 Å². The van der Waals surface area contributed by atoms with Crippen LogP contribution in [0, 0.1) is 11.3 Å².